The van der Waals surface area contributed by atoms with Gasteiger partial charge in [-0.15, -0.1) is 0 Å². The fourth-order valence-electron chi connectivity index (χ4n) is 4.46. The van der Waals surface area contributed by atoms with Crippen molar-refractivity contribution in [3.63, 3.8) is 0 Å². The number of benzene rings is 3. The molecule has 1 fully saturated rings. The van der Waals surface area contributed by atoms with Gasteiger partial charge in [-0.2, -0.15) is 5.26 Å². The van der Waals surface area contributed by atoms with E-state index in [1.165, 1.54) is 24.1 Å². The van der Waals surface area contributed by atoms with Gasteiger partial charge in [0.05, 0.1) is 18.7 Å². The minimum absolute atomic E-state index is 0.00664. The van der Waals surface area contributed by atoms with E-state index in [1.807, 2.05) is 12.1 Å². The van der Waals surface area contributed by atoms with E-state index in [9.17, 15) is 24.3 Å². The average Bonchev–Trinajstić information content (AvgIpc) is 3.28. The van der Waals surface area contributed by atoms with Crippen LogP contribution in [0.4, 0.5) is 4.39 Å². The van der Waals surface area contributed by atoms with E-state index in [0.29, 0.717) is 11.1 Å². The van der Waals surface area contributed by atoms with Crippen LogP contribution in [-0.4, -0.2) is 35.0 Å². The molecule has 3 aromatic rings. The summed E-state index contributed by atoms with van der Waals surface area (Å²) in [5, 5.41) is 19.8. The lowest BCUT2D eigenvalue weighted by Gasteiger charge is -2.30. The summed E-state index contributed by atoms with van der Waals surface area (Å²) < 4.78 is 20.0. The Morgan fingerprint density at radius 1 is 1.06 bits per heavy atom. The zero-order chi connectivity index (χ0) is 23.5. The van der Waals surface area contributed by atoms with Crippen molar-refractivity contribution in [1.29, 1.82) is 5.26 Å². The zero-order valence-corrected chi connectivity index (χ0v) is 17.9. The molecule has 0 bridgehead atoms. The van der Waals surface area contributed by atoms with Crippen molar-refractivity contribution in [3.05, 3.63) is 89.2 Å². The summed E-state index contributed by atoms with van der Waals surface area (Å²) in [5.41, 5.74) is 1.46. The van der Waals surface area contributed by atoms with Crippen LogP contribution in [0.15, 0.2) is 66.7 Å². The van der Waals surface area contributed by atoms with Gasteiger partial charge in [0.1, 0.15) is 29.2 Å². The third-order valence-corrected chi connectivity index (χ3v) is 5.97. The number of hydrogen-bond acceptors (Lipinski definition) is 4. The van der Waals surface area contributed by atoms with Crippen molar-refractivity contribution in [1.82, 2.24) is 4.90 Å². The Bertz CT molecular complexity index is 1250. The lowest BCUT2D eigenvalue weighted by atomic mass is 9.93. The number of nitrogens with zero attached hydrogens (tertiary/aromatic N) is 2. The number of carboxylic acids is 1. The van der Waals surface area contributed by atoms with Gasteiger partial charge in [-0.05, 0) is 42.2 Å². The molecule has 166 valence electrons. The van der Waals surface area contributed by atoms with Gasteiger partial charge in [0.2, 0.25) is 0 Å². The minimum atomic E-state index is -1.18. The summed E-state index contributed by atoms with van der Waals surface area (Å²) in [4.78, 5) is 27.3. The van der Waals surface area contributed by atoms with Crippen molar-refractivity contribution in [2.75, 3.05) is 7.11 Å². The van der Waals surface area contributed by atoms with Crippen LogP contribution in [0.1, 0.15) is 40.4 Å². The molecule has 7 heteroatoms. The summed E-state index contributed by atoms with van der Waals surface area (Å²) >= 11 is 0. The highest BCUT2D eigenvalue weighted by Gasteiger charge is 2.44. The van der Waals surface area contributed by atoms with E-state index in [2.05, 4.69) is 0 Å². The Kier molecular flexibility index (Phi) is 6.09. The molecule has 1 amide bonds. The van der Waals surface area contributed by atoms with Crippen molar-refractivity contribution >= 4 is 11.9 Å². The molecule has 2 unspecified atom stereocenters. The van der Waals surface area contributed by atoms with Gasteiger partial charge in [0.25, 0.3) is 5.91 Å². The topological polar surface area (TPSA) is 90.6 Å². The molecule has 0 spiro atoms. The highest BCUT2D eigenvalue weighted by molar-refractivity contribution is 6.05. The van der Waals surface area contributed by atoms with Gasteiger partial charge in [-0.3, -0.25) is 4.79 Å². The number of amides is 1. The lowest BCUT2D eigenvalue weighted by molar-refractivity contribution is -0.141. The van der Waals surface area contributed by atoms with Crippen molar-refractivity contribution < 1.29 is 23.8 Å². The molecule has 1 aliphatic rings. The number of carbonyl (C=O) groups is 2. The number of rotatable bonds is 5. The van der Waals surface area contributed by atoms with Crippen LogP contribution in [0.2, 0.25) is 0 Å². The molecular weight excluding hydrogens is 423 g/mol. The lowest BCUT2D eigenvalue weighted by Crippen LogP contribution is -2.42. The monoisotopic (exact) mass is 444 g/mol. The highest BCUT2D eigenvalue weighted by Crippen LogP contribution is 2.41. The maximum atomic E-state index is 14.7. The van der Waals surface area contributed by atoms with Gasteiger partial charge >= 0.3 is 5.97 Å². The maximum absolute atomic E-state index is 14.7. The van der Waals surface area contributed by atoms with Crippen molar-refractivity contribution in [2.24, 2.45) is 0 Å². The van der Waals surface area contributed by atoms with Gasteiger partial charge < -0.3 is 14.7 Å². The van der Waals surface area contributed by atoms with Crippen LogP contribution < -0.4 is 4.74 Å². The average molecular weight is 444 g/mol. The molecule has 1 aliphatic heterocycles. The van der Waals surface area contributed by atoms with E-state index in [0.717, 1.165) is 0 Å². The van der Waals surface area contributed by atoms with Gasteiger partial charge in [-0.25, -0.2) is 9.18 Å². The van der Waals surface area contributed by atoms with E-state index < -0.39 is 29.8 Å². The number of nitriles is 1. The first-order valence-corrected chi connectivity index (χ1v) is 10.4. The third-order valence-electron chi connectivity index (χ3n) is 5.97. The Morgan fingerprint density at radius 2 is 1.76 bits per heavy atom. The molecule has 1 saturated heterocycles. The Labute approximate surface area is 190 Å². The molecule has 1 heterocycles. The molecule has 0 aliphatic carbocycles. The van der Waals surface area contributed by atoms with Crippen LogP contribution in [0.25, 0.3) is 11.1 Å². The number of methoxy groups -OCH3 is 1. The van der Waals surface area contributed by atoms with Crippen LogP contribution >= 0.6 is 0 Å². The molecule has 33 heavy (non-hydrogen) atoms. The normalized spacial score (nSPS) is 17.4. The van der Waals surface area contributed by atoms with E-state index in [1.54, 1.807) is 48.5 Å². The standard InChI is InChI=1S/C26H21FN2O4/c1-33-23-14-11-17(16-7-3-2-4-8-16)24(19(23)15-28)25(30)29-21(12-13-22(29)26(31)32)18-9-5-6-10-20(18)27/h2-11,14,21-22H,12-13H2,1H3,(H,31,32). The molecule has 0 radical (unpaired) electrons. The summed E-state index contributed by atoms with van der Waals surface area (Å²) in [6.07, 6.45) is 0.461. The van der Waals surface area contributed by atoms with Crippen LogP contribution in [0.5, 0.6) is 5.75 Å². The quantitative estimate of drug-likeness (QED) is 0.610. The predicted molar refractivity (Wildman–Crippen MR) is 119 cm³/mol. The second-order valence-corrected chi connectivity index (χ2v) is 7.72. The van der Waals surface area contributed by atoms with Gasteiger partial charge in [0, 0.05) is 5.56 Å². The van der Waals surface area contributed by atoms with Gasteiger partial charge in [0.15, 0.2) is 0 Å². The number of carboxylic acid groups (broad SMARTS) is 1. The first-order valence-electron chi connectivity index (χ1n) is 10.4. The van der Waals surface area contributed by atoms with E-state index >= 15 is 0 Å². The SMILES string of the molecule is COc1ccc(-c2ccccc2)c(C(=O)N2C(C(=O)O)CCC2c2ccccc2F)c1C#N. The number of carbonyl (C=O) groups excluding carboxylic acids is 1. The van der Waals surface area contributed by atoms with Crippen LogP contribution in [0, 0.1) is 17.1 Å². The van der Waals surface area contributed by atoms with E-state index in [-0.39, 0.29) is 35.3 Å². The Balaban J connectivity index is 1.93. The zero-order valence-electron chi connectivity index (χ0n) is 17.9. The van der Waals surface area contributed by atoms with Crippen LogP contribution in [0.3, 0.4) is 0 Å². The predicted octanol–water partition coefficient (Wildman–Crippen LogP) is 4.80. The molecule has 0 aromatic heterocycles. The molecular formula is C26H21FN2O4. The summed E-state index contributed by atoms with van der Waals surface area (Å²) in [6, 6.07) is 18.5. The fraction of sp³-hybridized carbons (Fsp3) is 0.192. The number of halogens is 1. The van der Waals surface area contributed by atoms with Gasteiger partial charge in [-0.1, -0.05) is 48.5 Å². The second-order valence-electron chi connectivity index (χ2n) is 7.72. The Hall–Kier alpha value is -4.18. The number of likely N-dealkylation sites (tertiary alicyclic amines) is 1. The number of hydrogen-bond donors (Lipinski definition) is 1. The molecule has 0 saturated carbocycles. The first kappa shape index (κ1) is 22.0. The number of ether oxygens (including phenoxy) is 1. The Morgan fingerprint density at radius 3 is 2.39 bits per heavy atom. The summed E-state index contributed by atoms with van der Waals surface area (Å²) in [6.45, 7) is 0. The molecule has 3 aromatic carbocycles. The minimum Gasteiger partial charge on any atom is -0.495 e. The first-order chi connectivity index (χ1) is 16.0. The van der Waals surface area contributed by atoms with Crippen LogP contribution in [-0.2, 0) is 4.79 Å². The molecule has 2 atom stereocenters. The second kappa shape index (κ2) is 9.13. The molecule has 1 N–H and O–H groups in total. The van der Waals surface area contributed by atoms with Crippen molar-refractivity contribution in [3.8, 4) is 22.9 Å². The van der Waals surface area contributed by atoms with Crippen molar-refractivity contribution in [2.45, 2.75) is 24.9 Å². The fourth-order valence-corrected chi connectivity index (χ4v) is 4.46. The maximum Gasteiger partial charge on any atom is 0.326 e. The third kappa shape index (κ3) is 3.92. The number of aliphatic carboxylic acids is 1. The molecule has 4 rings (SSSR count). The summed E-state index contributed by atoms with van der Waals surface area (Å²) in [5.74, 6) is -2.14. The highest BCUT2D eigenvalue weighted by atomic mass is 19.1. The smallest absolute Gasteiger partial charge is 0.326 e. The largest absolute Gasteiger partial charge is 0.495 e. The van der Waals surface area contributed by atoms with E-state index in [4.69, 9.17) is 4.74 Å². The summed E-state index contributed by atoms with van der Waals surface area (Å²) in [7, 11) is 1.39. The molecule has 6 nitrogen and oxygen atoms in total.